The number of likely N-dealkylation sites (tertiary alicyclic amines) is 1. The second-order valence-corrected chi connectivity index (χ2v) is 15.5. The number of piperidine rings is 1. The first-order chi connectivity index (χ1) is 22.8. The largest absolute Gasteiger partial charge is 0.445 e. The molecule has 2 fully saturated rings. The molecule has 0 spiro atoms. The second kappa shape index (κ2) is 15.9. The highest BCUT2D eigenvalue weighted by Gasteiger charge is 2.37. The number of rotatable bonds is 6. The van der Waals surface area contributed by atoms with Gasteiger partial charge in [0.25, 0.3) is 5.91 Å². The molecule has 0 radical (unpaired) electrons. The Labute approximate surface area is 306 Å². The van der Waals surface area contributed by atoms with Crippen molar-refractivity contribution >= 4 is 75.8 Å². The predicted molar refractivity (Wildman–Crippen MR) is 193 cm³/mol. The number of halogens is 5. The van der Waals surface area contributed by atoms with Crippen LogP contribution in [0.4, 0.5) is 4.79 Å². The van der Waals surface area contributed by atoms with E-state index in [4.69, 9.17) is 67.7 Å². The lowest BCUT2D eigenvalue weighted by atomic mass is 9.92. The van der Waals surface area contributed by atoms with Crippen molar-refractivity contribution in [2.45, 2.75) is 48.6 Å². The molecule has 0 aliphatic carbocycles. The third-order valence-corrected chi connectivity index (χ3v) is 9.69. The van der Waals surface area contributed by atoms with Gasteiger partial charge in [-0.3, -0.25) is 9.79 Å². The van der Waals surface area contributed by atoms with Crippen LogP contribution in [-0.4, -0.2) is 86.9 Å². The van der Waals surface area contributed by atoms with Crippen LogP contribution in [0.3, 0.4) is 0 Å². The van der Waals surface area contributed by atoms with E-state index in [2.05, 4.69) is 0 Å². The number of aryl methyl sites for hydroxylation is 2. The maximum absolute atomic E-state index is 13.7. The summed E-state index contributed by atoms with van der Waals surface area (Å²) in [5, 5.41) is 11.6. The van der Waals surface area contributed by atoms with E-state index in [0.717, 1.165) is 22.3 Å². The first-order valence-electron chi connectivity index (χ1n) is 15.6. The summed E-state index contributed by atoms with van der Waals surface area (Å²) in [5.74, 6) is 0.433. The summed E-state index contributed by atoms with van der Waals surface area (Å²) in [6.45, 7) is 4.83. The number of hydrogen-bond acceptors (Lipinski definition) is 5. The zero-order valence-electron chi connectivity index (χ0n) is 26.6. The summed E-state index contributed by atoms with van der Waals surface area (Å²) in [6, 6.07) is 20.0. The number of nitrogens with zero attached hydrogens (tertiary/aromatic N) is 4. The molecular weight excluding hydrogens is 718 g/mol. The van der Waals surface area contributed by atoms with E-state index in [9.17, 15) is 14.7 Å². The van der Waals surface area contributed by atoms with Gasteiger partial charge in [0, 0.05) is 31.7 Å². The second-order valence-electron chi connectivity index (χ2n) is 12.2. The van der Waals surface area contributed by atoms with Crippen LogP contribution >= 0.6 is 58.0 Å². The number of carbonyl (C=O) groups excluding carboxylic acids is 2. The van der Waals surface area contributed by atoms with Crippen molar-refractivity contribution in [1.82, 2.24) is 14.7 Å². The number of aliphatic imine (C=N–C) groups is 1. The number of alkyl halides is 3. The predicted octanol–water partition coefficient (Wildman–Crippen LogP) is 8.21. The molecule has 8 nitrogen and oxygen atoms in total. The summed E-state index contributed by atoms with van der Waals surface area (Å²) in [7, 11) is 0. The van der Waals surface area contributed by atoms with Crippen molar-refractivity contribution in [3.05, 3.63) is 105 Å². The highest BCUT2D eigenvalue weighted by molar-refractivity contribution is 6.67. The lowest BCUT2D eigenvalue weighted by Gasteiger charge is -2.44. The highest BCUT2D eigenvalue weighted by atomic mass is 35.6. The smallest absolute Gasteiger partial charge is 0.410 e. The van der Waals surface area contributed by atoms with Crippen LogP contribution in [-0.2, 0) is 4.74 Å². The van der Waals surface area contributed by atoms with Gasteiger partial charge in [0.2, 0.25) is 3.79 Å². The summed E-state index contributed by atoms with van der Waals surface area (Å²) in [4.78, 5) is 37.5. The summed E-state index contributed by atoms with van der Waals surface area (Å²) < 4.78 is 3.61. The van der Waals surface area contributed by atoms with E-state index < -0.39 is 9.89 Å². The van der Waals surface area contributed by atoms with Gasteiger partial charge in [-0.25, -0.2) is 4.79 Å². The molecule has 0 aromatic heterocycles. The van der Waals surface area contributed by atoms with E-state index in [1.165, 1.54) is 0 Å². The van der Waals surface area contributed by atoms with Crippen LogP contribution < -0.4 is 0 Å². The topological polar surface area (TPSA) is 85.7 Å². The van der Waals surface area contributed by atoms with Crippen LogP contribution in [0, 0.1) is 13.8 Å². The average molecular weight is 755 g/mol. The fourth-order valence-electron chi connectivity index (χ4n) is 6.48. The molecule has 48 heavy (non-hydrogen) atoms. The van der Waals surface area contributed by atoms with Gasteiger partial charge in [-0.1, -0.05) is 112 Å². The monoisotopic (exact) mass is 752 g/mol. The van der Waals surface area contributed by atoms with Gasteiger partial charge in [-0.15, -0.1) is 0 Å². The first-order valence-corrected chi connectivity index (χ1v) is 17.5. The summed E-state index contributed by atoms with van der Waals surface area (Å²) >= 11 is 30.2. The molecule has 2 aliphatic rings. The average Bonchev–Trinajstić information content (AvgIpc) is 3.06. The Morgan fingerprint density at radius 3 is 2.23 bits per heavy atom. The molecule has 3 aromatic rings. The Morgan fingerprint density at radius 2 is 1.58 bits per heavy atom. The fraction of sp³-hybridized carbons (Fsp3) is 0.400. The maximum Gasteiger partial charge on any atom is 0.410 e. The zero-order chi connectivity index (χ0) is 34.6. The molecular formula is C35H37Cl5N4O4. The maximum atomic E-state index is 13.7. The van der Waals surface area contributed by atoms with E-state index in [0.29, 0.717) is 60.5 Å². The molecule has 3 unspecified atom stereocenters. The van der Waals surface area contributed by atoms with E-state index in [1.807, 2.05) is 78.2 Å². The van der Waals surface area contributed by atoms with Gasteiger partial charge in [0.15, 0.2) is 0 Å². The molecule has 13 heteroatoms. The number of ether oxygens (including phenoxy) is 1. The SMILES string of the molecule is Cc1cc(C)cc(C(=O)N2CCN(C(CO)=NC3CCN(C(=O)OCC(Cl)(Cl)Cl)C(c4ccccc4)C3)C(c3ccc(Cl)c(Cl)c3)C2)c1. The first kappa shape index (κ1) is 36.6. The Hall–Kier alpha value is -2.72. The van der Waals surface area contributed by atoms with Crippen molar-refractivity contribution in [3.8, 4) is 0 Å². The van der Waals surface area contributed by atoms with Gasteiger partial charge < -0.3 is 24.5 Å². The molecule has 2 heterocycles. The summed E-state index contributed by atoms with van der Waals surface area (Å²) in [5.41, 5.74) is 4.44. The molecule has 1 N–H and O–H groups in total. The molecule has 3 aromatic carbocycles. The lowest BCUT2D eigenvalue weighted by molar-refractivity contribution is 0.0598. The van der Waals surface area contributed by atoms with Crippen molar-refractivity contribution in [1.29, 1.82) is 0 Å². The van der Waals surface area contributed by atoms with Crippen LogP contribution in [0.15, 0.2) is 71.7 Å². The van der Waals surface area contributed by atoms with Crippen LogP contribution in [0.2, 0.25) is 10.0 Å². The fourth-order valence-corrected chi connectivity index (χ4v) is 6.95. The number of amidine groups is 1. The number of aliphatic hydroxyl groups excluding tert-OH is 1. The Morgan fingerprint density at radius 1 is 0.875 bits per heavy atom. The normalized spacial score (nSPS) is 20.5. The number of benzene rings is 3. The molecule has 2 saturated heterocycles. The van der Waals surface area contributed by atoms with E-state index in [1.54, 1.807) is 17.0 Å². The quantitative estimate of drug-likeness (QED) is 0.156. The van der Waals surface area contributed by atoms with E-state index >= 15 is 0 Å². The number of hydrogen-bond donors (Lipinski definition) is 1. The Bertz CT molecular complexity index is 1630. The summed E-state index contributed by atoms with van der Waals surface area (Å²) in [6.07, 6.45) is 0.432. The molecule has 2 amide bonds. The van der Waals surface area contributed by atoms with Gasteiger partial charge in [-0.2, -0.15) is 0 Å². The van der Waals surface area contributed by atoms with E-state index in [-0.39, 0.29) is 37.2 Å². The molecule has 0 bridgehead atoms. The molecule has 256 valence electrons. The molecule has 0 saturated carbocycles. The van der Waals surface area contributed by atoms with Gasteiger partial charge in [-0.05, 0) is 62.1 Å². The number of piperazine rings is 1. The lowest BCUT2D eigenvalue weighted by Crippen LogP contribution is -2.53. The number of aliphatic hydroxyl groups is 1. The minimum Gasteiger partial charge on any atom is -0.445 e. The van der Waals surface area contributed by atoms with Crippen molar-refractivity contribution < 1.29 is 19.4 Å². The van der Waals surface area contributed by atoms with Crippen molar-refractivity contribution in [2.75, 3.05) is 39.4 Å². The van der Waals surface area contributed by atoms with Crippen molar-refractivity contribution in [2.24, 2.45) is 4.99 Å². The Kier molecular flexibility index (Phi) is 12.1. The number of amides is 2. The minimum atomic E-state index is -1.73. The van der Waals surface area contributed by atoms with Crippen LogP contribution in [0.5, 0.6) is 0 Å². The number of carbonyl (C=O) groups is 2. The van der Waals surface area contributed by atoms with Gasteiger partial charge in [0.05, 0.1) is 28.2 Å². The standard InChI is InChI=1S/C35H37Cl5N4O4/c1-22-14-23(2)16-26(15-22)33(46)42-12-13-43(31(19-42)25-8-9-28(36)29(37)17-25)32(20-45)41-27-10-11-44(34(47)48-21-35(38,39)40)30(18-27)24-6-4-3-5-7-24/h3-9,14-17,27,30-31,45H,10-13,18-21H2,1-2H3. The third-order valence-electron chi connectivity index (χ3n) is 8.62. The zero-order valence-corrected chi connectivity index (χ0v) is 30.4. The van der Waals surface area contributed by atoms with Gasteiger partial charge >= 0.3 is 6.09 Å². The molecule has 2 aliphatic heterocycles. The van der Waals surface area contributed by atoms with Gasteiger partial charge in [0.1, 0.15) is 19.0 Å². The highest BCUT2D eigenvalue weighted by Crippen LogP contribution is 2.36. The van der Waals surface area contributed by atoms with Crippen molar-refractivity contribution in [3.63, 3.8) is 0 Å². The molecule has 3 atom stereocenters. The Balaban J connectivity index is 1.42. The third kappa shape index (κ3) is 9.09. The molecule has 5 rings (SSSR count). The van der Waals surface area contributed by atoms with Crippen LogP contribution in [0.25, 0.3) is 0 Å². The van der Waals surface area contributed by atoms with Crippen LogP contribution in [0.1, 0.15) is 57.5 Å². The minimum absolute atomic E-state index is 0.0614.